The monoisotopic (exact) mass is 407 g/mol. The Morgan fingerprint density at radius 3 is 2.55 bits per heavy atom. The van der Waals surface area contributed by atoms with Crippen molar-refractivity contribution in [1.29, 1.82) is 0 Å². The molecular formula is C23H14FN7. The predicted octanol–water partition coefficient (Wildman–Crippen LogP) is 4.76. The summed E-state index contributed by atoms with van der Waals surface area (Å²) < 4.78 is 13.3. The van der Waals surface area contributed by atoms with E-state index in [1.807, 2.05) is 30.3 Å². The van der Waals surface area contributed by atoms with Gasteiger partial charge in [0.1, 0.15) is 17.0 Å². The minimum atomic E-state index is -0.294. The summed E-state index contributed by atoms with van der Waals surface area (Å²) in [6.07, 6.45) is 5.22. The normalized spacial score (nSPS) is 11.4. The number of hydrogen-bond acceptors (Lipinski definition) is 5. The van der Waals surface area contributed by atoms with Gasteiger partial charge in [0.2, 0.25) is 0 Å². The average molecular weight is 407 g/mol. The molecule has 31 heavy (non-hydrogen) atoms. The van der Waals surface area contributed by atoms with Crippen LogP contribution in [0.15, 0.2) is 73.2 Å². The molecule has 0 aliphatic carbocycles. The van der Waals surface area contributed by atoms with E-state index in [9.17, 15) is 4.39 Å². The molecule has 0 radical (unpaired) electrons. The third-order valence-electron chi connectivity index (χ3n) is 5.12. The minimum absolute atomic E-state index is 0.294. The van der Waals surface area contributed by atoms with Gasteiger partial charge in [0.25, 0.3) is 0 Å². The highest BCUT2D eigenvalue weighted by atomic mass is 19.1. The Morgan fingerprint density at radius 1 is 0.806 bits per heavy atom. The van der Waals surface area contributed by atoms with Crippen molar-refractivity contribution in [2.24, 2.45) is 0 Å². The number of imidazole rings is 1. The second kappa shape index (κ2) is 6.81. The Labute approximate surface area is 175 Å². The van der Waals surface area contributed by atoms with Crippen LogP contribution in [-0.2, 0) is 0 Å². The SMILES string of the molecule is Fc1ccc(-c2nccc3[nH]c(-c4n[nH]c5ncc(-c6ccccn6)cc45)nc23)cc1. The first-order valence-corrected chi connectivity index (χ1v) is 9.63. The zero-order chi connectivity index (χ0) is 20.8. The predicted molar refractivity (Wildman–Crippen MR) is 115 cm³/mol. The Hall–Kier alpha value is -4.46. The maximum atomic E-state index is 13.3. The number of nitrogens with zero attached hydrogens (tertiary/aromatic N) is 5. The van der Waals surface area contributed by atoms with Gasteiger partial charge < -0.3 is 4.98 Å². The molecule has 0 saturated carbocycles. The highest BCUT2D eigenvalue weighted by molar-refractivity contribution is 5.96. The second-order valence-electron chi connectivity index (χ2n) is 7.06. The molecule has 0 bridgehead atoms. The molecule has 0 unspecified atom stereocenters. The van der Waals surface area contributed by atoms with Gasteiger partial charge in [-0.15, -0.1) is 0 Å². The topological polar surface area (TPSA) is 96.0 Å². The summed E-state index contributed by atoms with van der Waals surface area (Å²) in [4.78, 5) is 21.4. The number of aromatic nitrogens is 7. The number of nitrogens with one attached hydrogen (secondary N) is 2. The van der Waals surface area contributed by atoms with Crippen LogP contribution in [0.5, 0.6) is 0 Å². The van der Waals surface area contributed by atoms with Crippen LogP contribution in [-0.4, -0.2) is 35.1 Å². The van der Waals surface area contributed by atoms with Crippen LogP contribution in [0.3, 0.4) is 0 Å². The number of H-pyrrole nitrogens is 2. The molecule has 7 nitrogen and oxygen atoms in total. The Kier molecular flexibility index (Phi) is 3.82. The van der Waals surface area contributed by atoms with Gasteiger partial charge in [-0.1, -0.05) is 6.07 Å². The van der Waals surface area contributed by atoms with Crippen LogP contribution in [0.4, 0.5) is 4.39 Å². The van der Waals surface area contributed by atoms with Gasteiger partial charge in [-0.05, 0) is 48.5 Å². The van der Waals surface area contributed by atoms with E-state index in [1.54, 1.807) is 30.7 Å². The summed E-state index contributed by atoms with van der Waals surface area (Å²) >= 11 is 0. The fraction of sp³-hybridized carbons (Fsp3) is 0. The fourth-order valence-electron chi connectivity index (χ4n) is 3.62. The second-order valence-corrected chi connectivity index (χ2v) is 7.06. The molecular weight excluding hydrogens is 393 g/mol. The summed E-state index contributed by atoms with van der Waals surface area (Å²) in [7, 11) is 0. The van der Waals surface area contributed by atoms with Gasteiger partial charge in [0.05, 0.1) is 22.3 Å². The number of halogens is 1. The van der Waals surface area contributed by atoms with Crippen molar-refractivity contribution in [3.63, 3.8) is 0 Å². The highest BCUT2D eigenvalue weighted by Gasteiger charge is 2.17. The van der Waals surface area contributed by atoms with E-state index in [-0.39, 0.29) is 5.82 Å². The molecule has 0 atom stereocenters. The maximum Gasteiger partial charge on any atom is 0.159 e. The quantitative estimate of drug-likeness (QED) is 0.441. The molecule has 6 rings (SSSR count). The van der Waals surface area contributed by atoms with Gasteiger partial charge in [-0.3, -0.25) is 15.1 Å². The van der Waals surface area contributed by atoms with E-state index in [1.165, 1.54) is 12.1 Å². The van der Waals surface area contributed by atoms with Crippen LogP contribution in [0.2, 0.25) is 0 Å². The lowest BCUT2D eigenvalue weighted by atomic mass is 10.1. The third-order valence-corrected chi connectivity index (χ3v) is 5.12. The largest absolute Gasteiger partial charge is 0.336 e. The first-order valence-electron chi connectivity index (χ1n) is 9.63. The first kappa shape index (κ1) is 17.4. The summed E-state index contributed by atoms with van der Waals surface area (Å²) in [5.41, 5.74) is 6.00. The molecule has 6 aromatic rings. The van der Waals surface area contributed by atoms with E-state index < -0.39 is 0 Å². The third kappa shape index (κ3) is 2.93. The van der Waals surface area contributed by atoms with Crippen LogP contribution in [0.25, 0.3) is 56.1 Å². The smallest absolute Gasteiger partial charge is 0.159 e. The average Bonchev–Trinajstić information content (AvgIpc) is 3.43. The zero-order valence-corrected chi connectivity index (χ0v) is 16.0. The number of fused-ring (bicyclic) bond motifs is 2. The van der Waals surface area contributed by atoms with Crippen molar-refractivity contribution < 1.29 is 4.39 Å². The number of rotatable bonds is 3. The fourth-order valence-corrected chi connectivity index (χ4v) is 3.62. The molecule has 0 aliphatic rings. The molecule has 1 aromatic carbocycles. The van der Waals surface area contributed by atoms with E-state index >= 15 is 0 Å². The van der Waals surface area contributed by atoms with Gasteiger partial charge in [-0.25, -0.2) is 14.4 Å². The molecule has 148 valence electrons. The Morgan fingerprint density at radius 2 is 1.71 bits per heavy atom. The lowest BCUT2D eigenvalue weighted by Gasteiger charge is -2.01. The lowest BCUT2D eigenvalue weighted by Crippen LogP contribution is -1.86. The van der Waals surface area contributed by atoms with Crippen molar-refractivity contribution in [3.8, 4) is 34.0 Å². The van der Waals surface area contributed by atoms with E-state index in [4.69, 9.17) is 4.98 Å². The van der Waals surface area contributed by atoms with Gasteiger partial charge in [0, 0.05) is 29.7 Å². The van der Waals surface area contributed by atoms with Crippen molar-refractivity contribution in [2.75, 3.05) is 0 Å². The standard InChI is InChI=1S/C23H14FN7/c24-15-6-4-13(5-7-15)19-21-18(8-10-26-19)28-23(29-21)20-16-11-14(12-27-22(16)31-30-20)17-3-1-2-9-25-17/h1-12H,(H,28,29)(H,27,30,31). The van der Waals surface area contributed by atoms with Crippen molar-refractivity contribution >= 4 is 22.1 Å². The van der Waals surface area contributed by atoms with Crippen LogP contribution >= 0.6 is 0 Å². The summed E-state index contributed by atoms with van der Waals surface area (Å²) in [5.74, 6) is 0.301. The Balaban J connectivity index is 1.51. The zero-order valence-electron chi connectivity index (χ0n) is 16.0. The van der Waals surface area contributed by atoms with Gasteiger partial charge in [0.15, 0.2) is 11.5 Å². The molecule has 5 heterocycles. The van der Waals surface area contributed by atoms with Gasteiger partial charge in [-0.2, -0.15) is 5.10 Å². The Bertz CT molecular complexity index is 1540. The maximum absolute atomic E-state index is 13.3. The molecule has 0 saturated heterocycles. The minimum Gasteiger partial charge on any atom is -0.336 e. The van der Waals surface area contributed by atoms with Crippen molar-refractivity contribution in [1.82, 2.24) is 35.1 Å². The number of aromatic amines is 2. The summed E-state index contributed by atoms with van der Waals surface area (Å²) in [6.45, 7) is 0. The summed E-state index contributed by atoms with van der Waals surface area (Å²) in [6, 6.07) is 15.8. The van der Waals surface area contributed by atoms with E-state index in [0.717, 1.165) is 27.7 Å². The molecule has 8 heteroatoms. The van der Waals surface area contributed by atoms with E-state index in [0.29, 0.717) is 28.4 Å². The number of pyridine rings is 3. The highest BCUT2D eigenvalue weighted by Crippen LogP contribution is 2.31. The number of hydrogen-bond donors (Lipinski definition) is 2. The molecule has 5 aromatic heterocycles. The van der Waals surface area contributed by atoms with E-state index in [2.05, 4.69) is 30.1 Å². The van der Waals surface area contributed by atoms with Crippen LogP contribution in [0, 0.1) is 5.82 Å². The molecule has 2 N–H and O–H groups in total. The number of benzene rings is 1. The molecule has 0 aliphatic heterocycles. The lowest BCUT2D eigenvalue weighted by molar-refractivity contribution is 0.628. The van der Waals surface area contributed by atoms with Crippen LogP contribution < -0.4 is 0 Å². The summed E-state index contributed by atoms with van der Waals surface area (Å²) in [5, 5.41) is 8.23. The molecule has 0 amide bonds. The molecule has 0 spiro atoms. The van der Waals surface area contributed by atoms with Gasteiger partial charge >= 0.3 is 0 Å². The van der Waals surface area contributed by atoms with Crippen molar-refractivity contribution in [2.45, 2.75) is 0 Å². The first-order chi connectivity index (χ1) is 15.3. The van der Waals surface area contributed by atoms with Crippen LogP contribution in [0.1, 0.15) is 0 Å². The molecule has 0 fully saturated rings. The van der Waals surface area contributed by atoms with Crippen molar-refractivity contribution in [3.05, 3.63) is 79.0 Å².